The van der Waals surface area contributed by atoms with Crippen molar-refractivity contribution in [2.75, 3.05) is 12.3 Å². The molecular formula is C20H21NO2S. The van der Waals surface area contributed by atoms with Gasteiger partial charge in [-0.2, -0.15) is 0 Å². The quantitative estimate of drug-likeness (QED) is 0.579. The van der Waals surface area contributed by atoms with Gasteiger partial charge in [-0.1, -0.05) is 55.8 Å². The molecule has 0 fully saturated rings. The number of aromatic hydroxyl groups is 1. The summed E-state index contributed by atoms with van der Waals surface area (Å²) in [6.45, 7) is 2.83. The van der Waals surface area contributed by atoms with Crippen LogP contribution in [0.5, 0.6) is 11.5 Å². The summed E-state index contributed by atoms with van der Waals surface area (Å²) in [7, 11) is 0. The van der Waals surface area contributed by atoms with E-state index in [2.05, 4.69) is 6.92 Å². The Kier molecular flexibility index (Phi) is 5.06. The molecule has 2 aromatic carbocycles. The molecule has 3 nitrogen and oxygen atoms in total. The Bertz CT molecular complexity index is 812. The van der Waals surface area contributed by atoms with Gasteiger partial charge in [-0.05, 0) is 29.7 Å². The van der Waals surface area contributed by atoms with Crippen molar-refractivity contribution in [3.63, 3.8) is 0 Å². The third-order valence-corrected chi connectivity index (χ3v) is 4.89. The highest BCUT2D eigenvalue weighted by Gasteiger charge is 2.18. The van der Waals surface area contributed by atoms with Crippen LogP contribution < -0.4 is 10.5 Å². The van der Waals surface area contributed by atoms with Crippen molar-refractivity contribution in [3.05, 3.63) is 54.6 Å². The number of unbranched alkanes of at least 4 members (excludes halogenated alkanes) is 1. The van der Waals surface area contributed by atoms with E-state index in [0.29, 0.717) is 17.2 Å². The van der Waals surface area contributed by atoms with E-state index in [4.69, 9.17) is 10.5 Å². The van der Waals surface area contributed by atoms with Crippen LogP contribution in [0.4, 0.5) is 5.00 Å². The highest BCUT2D eigenvalue weighted by atomic mass is 32.1. The normalized spacial score (nSPS) is 10.7. The second-order valence-electron chi connectivity index (χ2n) is 5.61. The van der Waals surface area contributed by atoms with E-state index in [1.807, 2.05) is 54.6 Å². The number of nitrogens with two attached hydrogens (primary N) is 1. The number of thiophene rings is 1. The standard InChI is InChI=1S/C20H21NO2S/c1-2-3-12-23-16-11-7-10-15(13-16)17-18(22)19(24-20(17)21)14-8-5-4-6-9-14/h4-11,13,22H,2-3,12,21H2,1H3. The van der Waals surface area contributed by atoms with Crippen LogP contribution in [0.15, 0.2) is 54.6 Å². The molecule has 0 bridgehead atoms. The molecule has 1 heterocycles. The van der Waals surface area contributed by atoms with Crippen LogP contribution in [0.2, 0.25) is 0 Å². The molecule has 4 heteroatoms. The zero-order valence-corrected chi connectivity index (χ0v) is 14.5. The van der Waals surface area contributed by atoms with Crippen LogP contribution in [-0.2, 0) is 0 Å². The molecule has 1 aromatic heterocycles. The molecule has 0 aliphatic carbocycles. The smallest absolute Gasteiger partial charge is 0.144 e. The van der Waals surface area contributed by atoms with E-state index in [-0.39, 0.29) is 5.75 Å². The van der Waals surface area contributed by atoms with Crippen LogP contribution in [0, 0.1) is 0 Å². The lowest BCUT2D eigenvalue weighted by molar-refractivity contribution is 0.309. The van der Waals surface area contributed by atoms with Crippen molar-refractivity contribution < 1.29 is 9.84 Å². The fourth-order valence-corrected chi connectivity index (χ4v) is 3.57. The predicted molar refractivity (Wildman–Crippen MR) is 102 cm³/mol. The number of benzene rings is 2. The van der Waals surface area contributed by atoms with Crippen LogP contribution >= 0.6 is 11.3 Å². The summed E-state index contributed by atoms with van der Waals surface area (Å²) in [5.41, 5.74) is 8.72. The second-order valence-corrected chi connectivity index (χ2v) is 6.67. The first-order valence-electron chi connectivity index (χ1n) is 8.10. The Labute approximate surface area is 146 Å². The van der Waals surface area contributed by atoms with E-state index in [1.165, 1.54) is 11.3 Å². The molecule has 3 rings (SSSR count). The van der Waals surface area contributed by atoms with Crippen molar-refractivity contribution in [2.45, 2.75) is 19.8 Å². The van der Waals surface area contributed by atoms with Crippen molar-refractivity contribution in [3.8, 4) is 33.1 Å². The molecular weight excluding hydrogens is 318 g/mol. The zero-order chi connectivity index (χ0) is 16.9. The first-order chi connectivity index (χ1) is 11.7. The van der Waals surface area contributed by atoms with Gasteiger partial charge in [0.15, 0.2) is 0 Å². The minimum absolute atomic E-state index is 0.231. The van der Waals surface area contributed by atoms with Crippen LogP contribution in [0.3, 0.4) is 0 Å². The molecule has 0 unspecified atom stereocenters. The molecule has 0 aliphatic heterocycles. The van der Waals surface area contributed by atoms with Gasteiger partial charge in [0.1, 0.15) is 11.5 Å². The average molecular weight is 339 g/mol. The SMILES string of the molecule is CCCCOc1cccc(-c2c(N)sc(-c3ccccc3)c2O)c1. The van der Waals surface area contributed by atoms with Gasteiger partial charge in [0, 0.05) is 0 Å². The van der Waals surface area contributed by atoms with Gasteiger partial charge in [-0.15, -0.1) is 11.3 Å². The van der Waals surface area contributed by atoms with Crippen molar-refractivity contribution in [1.29, 1.82) is 0 Å². The highest BCUT2D eigenvalue weighted by molar-refractivity contribution is 7.20. The number of ether oxygens (including phenoxy) is 1. The molecule has 3 N–H and O–H groups in total. The van der Waals surface area contributed by atoms with E-state index in [1.54, 1.807) is 0 Å². The number of anilines is 1. The third kappa shape index (κ3) is 3.39. The largest absolute Gasteiger partial charge is 0.506 e. The Morgan fingerprint density at radius 2 is 1.79 bits per heavy atom. The maximum atomic E-state index is 10.7. The topological polar surface area (TPSA) is 55.5 Å². The summed E-state index contributed by atoms with van der Waals surface area (Å²) in [6.07, 6.45) is 2.12. The Hall–Kier alpha value is -2.46. The van der Waals surface area contributed by atoms with Gasteiger partial charge >= 0.3 is 0 Å². The van der Waals surface area contributed by atoms with Crippen LogP contribution in [0.1, 0.15) is 19.8 Å². The van der Waals surface area contributed by atoms with E-state index in [0.717, 1.165) is 34.6 Å². The maximum Gasteiger partial charge on any atom is 0.144 e. The molecule has 0 spiro atoms. The average Bonchev–Trinajstić information content (AvgIpc) is 2.91. The molecule has 0 radical (unpaired) electrons. The van der Waals surface area contributed by atoms with Crippen molar-refractivity contribution in [2.24, 2.45) is 0 Å². The Morgan fingerprint density at radius 1 is 1.04 bits per heavy atom. The van der Waals surface area contributed by atoms with Gasteiger partial charge < -0.3 is 15.6 Å². The Morgan fingerprint density at radius 3 is 2.54 bits per heavy atom. The molecule has 0 aliphatic rings. The molecule has 24 heavy (non-hydrogen) atoms. The third-order valence-electron chi connectivity index (χ3n) is 3.84. The summed E-state index contributed by atoms with van der Waals surface area (Å²) < 4.78 is 5.76. The van der Waals surface area contributed by atoms with Gasteiger partial charge in [0.2, 0.25) is 0 Å². The summed E-state index contributed by atoms with van der Waals surface area (Å²) >= 11 is 1.40. The summed E-state index contributed by atoms with van der Waals surface area (Å²) in [6, 6.07) is 17.5. The van der Waals surface area contributed by atoms with Gasteiger partial charge in [0.25, 0.3) is 0 Å². The van der Waals surface area contributed by atoms with E-state index >= 15 is 0 Å². The molecule has 0 saturated heterocycles. The number of hydrogen-bond acceptors (Lipinski definition) is 4. The Balaban J connectivity index is 1.95. The fourth-order valence-electron chi connectivity index (χ4n) is 2.58. The lowest BCUT2D eigenvalue weighted by atomic mass is 10.0. The van der Waals surface area contributed by atoms with Gasteiger partial charge in [-0.3, -0.25) is 0 Å². The number of hydrogen-bond donors (Lipinski definition) is 2. The van der Waals surface area contributed by atoms with Crippen LogP contribution in [-0.4, -0.2) is 11.7 Å². The predicted octanol–water partition coefficient (Wildman–Crippen LogP) is 5.55. The van der Waals surface area contributed by atoms with Crippen molar-refractivity contribution >= 4 is 16.3 Å². The first-order valence-corrected chi connectivity index (χ1v) is 8.92. The van der Waals surface area contributed by atoms with E-state index in [9.17, 15) is 5.11 Å². The summed E-state index contributed by atoms with van der Waals surface area (Å²) in [5.74, 6) is 1.03. The monoisotopic (exact) mass is 339 g/mol. The summed E-state index contributed by atoms with van der Waals surface area (Å²) in [5, 5.41) is 11.3. The number of rotatable bonds is 6. The van der Waals surface area contributed by atoms with E-state index < -0.39 is 0 Å². The lowest BCUT2D eigenvalue weighted by Gasteiger charge is -2.08. The molecule has 124 valence electrons. The second kappa shape index (κ2) is 7.41. The lowest BCUT2D eigenvalue weighted by Crippen LogP contribution is -1.96. The van der Waals surface area contributed by atoms with Gasteiger partial charge in [-0.25, -0.2) is 0 Å². The minimum Gasteiger partial charge on any atom is -0.506 e. The van der Waals surface area contributed by atoms with Gasteiger partial charge in [0.05, 0.1) is 22.0 Å². The first kappa shape index (κ1) is 16.4. The van der Waals surface area contributed by atoms with Crippen molar-refractivity contribution in [1.82, 2.24) is 0 Å². The maximum absolute atomic E-state index is 10.7. The molecule has 0 amide bonds. The minimum atomic E-state index is 0.231. The molecule has 0 saturated carbocycles. The highest BCUT2D eigenvalue weighted by Crippen LogP contribution is 2.49. The summed E-state index contributed by atoms with van der Waals surface area (Å²) in [4.78, 5) is 0.792. The fraction of sp³-hybridized carbons (Fsp3) is 0.200. The number of nitrogen functional groups attached to an aromatic ring is 1. The molecule has 3 aromatic rings. The molecule has 0 atom stereocenters. The zero-order valence-electron chi connectivity index (χ0n) is 13.7. The van der Waals surface area contributed by atoms with Crippen LogP contribution in [0.25, 0.3) is 21.6 Å².